The third kappa shape index (κ3) is 3.66. The fraction of sp³-hybridized carbons (Fsp3) is 0.120. The summed E-state index contributed by atoms with van der Waals surface area (Å²) in [5, 5.41) is 18.5. The monoisotopic (exact) mass is 348 g/mol. The van der Waals surface area contributed by atoms with Gasteiger partial charge in [0.25, 0.3) is 0 Å². The summed E-state index contributed by atoms with van der Waals surface area (Å²) in [6.45, 7) is 8.38. The Labute approximate surface area is 160 Å². The van der Waals surface area contributed by atoms with Gasteiger partial charge in [-0.15, -0.1) is 0 Å². The molecule has 3 aromatic rings. The van der Waals surface area contributed by atoms with E-state index in [4.69, 9.17) is 0 Å². The highest BCUT2D eigenvalue weighted by Gasteiger charge is 2.13. The molecule has 0 fully saturated rings. The summed E-state index contributed by atoms with van der Waals surface area (Å²) in [4.78, 5) is 0. The molecule has 0 saturated carbocycles. The maximum absolute atomic E-state index is 9.25. The molecule has 0 N–H and O–H groups in total. The number of nitriles is 2. The lowest BCUT2D eigenvalue weighted by Crippen LogP contribution is -1.94. The molecule has 0 aliphatic carbocycles. The predicted octanol–water partition coefficient (Wildman–Crippen LogP) is 6.50. The molecule has 27 heavy (non-hydrogen) atoms. The van der Waals surface area contributed by atoms with Crippen LogP contribution in [-0.2, 0) is 0 Å². The number of hydrogen-bond acceptors (Lipinski definition) is 2. The van der Waals surface area contributed by atoms with Crippen LogP contribution in [0, 0.1) is 29.6 Å². The molecular weight excluding hydrogens is 328 g/mol. The first-order chi connectivity index (χ1) is 13.1. The van der Waals surface area contributed by atoms with Gasteiger partial charge in [0.05, 0.1) is 23.3 Å². The number of hydrogen-bond donors (Lipinski definition) is 0. The van der Waals surface area contributed by atoms with Gasteiger partial charge in [0.1, 0.15) is 0 Å². The predicted molar refractivity (Wildman–Crippen MR) is 111 cm³/mol. The summed E-state index contributed by atoms with van der Waals surface area (Å²) in [6.07, 6.45) is 0.860. The maximum atomic E-state index is 9.25. The second-order valence-corrected chi connectivity index (χ2v) is 6.54. The van der Waals surface area contributed by atoms with Crippen LogP contribution in [0.3, 0.4) is 0 Å². The van der Waals surface area contributed by atoms with Crippen molar-refractivity contribution in [2.24, 2.45) is 0 Å². The van der Waals surface area contributed by atoms with E-state index in [0.717, 1.165) is 45.4 Å². The van der Waals surface area contributed by atoms with E-state index >= 15 is 0 Å². The summed E-state index contributed by atoms with van der Waals surface area (Å²) < 4.78 is 0. The third-order valence-electron chi connectivity index (χ3n) is 4.85. The van der Waals surface area contributed by atoms with Crippen molar-refractivity contribution in [3.63, 3.8) is 0 Å². The van der Waals surface area contributed by atoms with E-state index in [9.17, 15) is 10.5 Å². The van der Waals surface area contributed by atoms with Crippen LogP contribution in [0.15, 0.2) is 67.2 Å². The largest absolute Gasteiger partial charge is 0.192 e. The number of rotatable bonds is 4. The van der Waals surface area contributed by atoms with Crippen LogP contribution in [0.4, 0.5) is 0 Å². The fourth-order valence-electron chi connectivity index (χ4n) is 3.23. The molecule has 0 heterocycles. The summed E-state index contributed by atoms with van der Waals surface area (Å²) in [6, 6.07) is 24.0. The van der Waals surface area contributed by atoms with Gasteiger partial charge >= 0.3 is 0 Å². The molecule has 0 aliphatic heterocycles. The van der Waals surface area contributed by atoms with Crippen LogP contribution < -0.4 is 0 Å². The number of nitrogens with zero attached hydrogens (tertiary/aromatic N) is 2. The Morgan fingerprint density at radius 3 is 1.74 bits per heavy atom. The van der Waals surface area contributed by atoms with Crippen molar-refractivity contribution in [2.75, 3.05) is 0 Å². The highest BCUT2D eigenvalue weighted by atomic mass is 14.2. The third-order valence-corrected chi connectivity index (χ3v) is 4.85. The van der Waals surface area contributed by atoms with Crippen LogP contribution in [0.2, 0.25) is 0 Å². The van der Waals surface area contributed by atoms with Gasteiger partial charge in [0, 0.05) is 0 Å². The highest BCUT2D eigenvalue weighted by molar-refractivity contribution is 5.84. The molecule has 0 aliphatic rings. The molecular formula is C25H20N2. The standard InChI is InChI=1S/C25H20N2/c1-4-17(2)23-13-24(21-9-5-7-19(11-21)15-26)18(3)25(14-23)22-10-6-8-20(12-22)16-27/h5-14H,2,4H2,1,3H3. The second kappa shape index (κ2) is 7.73. The van der Waals surface area contributed by atoms with E-state index in [-0.39, 0.29) is 0 Å². The lowest BCUT2D eigenvalue weighted by atomic mass is 9.87. The zero-order chi connectivity index (χ0) is 19.4. The molecule has 0 saturated heterocycles. The van der Waals surface area contributed by atoms with Gasteiger partial charge in [0.2, 0.25) is 0 Å². The van der Waals surface area contributed by atoms with Crippen molar-refractivity contribution in [1.29, 1.82) is 10.5 Å². The zero-order valence-electron chi connectivity index (χ0n) is 15.6. The molecule has 0 amide bonds. The van der Waals surface area contributed by atoms with Crippen molar-refractivity contribution < 1.29 is 0 Å². The Kier molecular flexibility index (Phi) is 5.20. The lowest BCUT2D eigenvalue weighted by molar-refractivity contribution is 1.24. The first-order valence-electron chi connectivity index (χ1n) is 8.91. The molecule has 0 atom stereocenters. The molecule has 130 valence electrons. The minimum absolute atomic E-state index is 0.639. The highest BCUT2D eigenvalue weighted by Crippen LogP contribution is 2.36. The second-order valence-electron chi connectivity index (χ2n) is 6.54. The Morgan fingerprint density at radius 2 is 1.33 bits per heavy atom. The molecule has 0 aromatic heterocycles. The van der Waals surface area contributed by atoms with Crippen LogP contribution in [0.5, 0.6) is 0 Å². The normalized spacial score (nSPS) is 10.1. The number of benzene rings is 3. The summed E-state index contributed by atoms with van der Waals surface area (Å²) in [5.41, 5.74) is 8.72. The maximum Gasteiger partial charge on any atom is 0.0991 e. The van der Waals surface area contributed by atoms with Gasteiger partial charge in [-0.1, -0.05) is 37.8 Å². The molecule has 0 unspecified atom stereocenters. The van der Waals surface area contributed by atoms with Crippen LogP contribution in [0.25, 0.3) is 27.8 Å². The van der Waals surface area contributed by atoms with E-state index in [1.165, 1.54) is 0 Å². The Morgan fingerprint density at radius 1 is 0.852 bits per heavy atom. The zero-order valence-corrected chi connectivity index (χ0v) is 15.6. The number of allylic oxidation sites excluding steroid dienone is 1. The summed E-state index contributed by atoms with van der Waals surface area (Å²) >= 11 is 0. The topological polar surface area (TPSA) is 47.6 Å². The Hall–Kier alpha value is -3.62. The average Bonchev–Trinajstić information content (AvgIpc) is 2.73. The average molecular weight is 348 g/mol. The van der Waals surface area contributed by atoms with E-state index in [0.29, 0.717) is 11.1 Å². The first-order valence-corrected chi connectivity index (χ1v) is 8.91. The first kappa shape index (κ1) is 18.2. The summed E-state index contributed by atoms with van der Waals surface area (Å²) in [7, 11) is 0. The van der Waals surface area contributed by atoms with Crippen molar-refractivity contribution >= 4 is 5.57 Å². The van der Waals surface area contributed by atoms with E-state index in [2.05, 4.69) is 44.7 Å². The van der Waals surface area contributed by atoms with Gasteiger partial charge in [0.15, 0.2) is 0 Å². The molecule has 2 nitrogen and oxygen atoms in total. The fourth-order valence-corrected chi connectivity index (χ4v) is 3.23. The molecule has 0 radical (unpaired) electrons. The van der Waals surface area contributed by atoms with Gasteiger partial charge in [-0.3, -0.25) is 0 Å². The van der Waals surface area contributed by atoms with Crippen LogP contribution >= 0.6 is 0 Å². The van der Waals surface area contributed by atoms with Crippen molar-refractivity contribution in [3.05, 3.63) is 89.5 Å². The van der Waals surface area contributed by atoms with Crippen molar-refractivity contribution in [1.82, 2.24) is 0 Å². The minimum Gasteiger partial charge on any atom is -0.192 e. The van der Waals surface area contributed by atoms with Crippen LogP contribution in [-0.4, -0.2) is 0 Å². The van der Waals surface area contributed by atoms with Gasteiger partial charge in [-0.25, -0.2) is 0 Å². The van der Waals surface area contributed by atoms with Crippen molar-refractivity contribution in [3.8, 4) is 34.4 Å². The molecule has 3 aromatic carbocycles. The lowest BCUT2D eigenvalue weighted by Gasteiger charge is -2.16. The van der Waals surface area contributed by atoms with Gasteiger partial charge in [-0.2, -0.15) is 10.5 Å². The van der Waals surface area contributed by atoms with Crippen LogP contribution in [0.1, 0.15) is 35.6 Å². The SMILES string of the molecule is C=C(CC)c1cc(-c2cccc(C#N)c2)c(C)c(-c2cccc(C#N)c2)c1. The molecule has 0 spiro atoms. The van der Waals surface area contributed by atoms with Gasteiger partial charge < -0.3 is 0 Å². The molecule has 2 heteroatoms. The van der Waals surface area contributed by atoms with Gasteiger partial charge in [-0.05, 0) is 88.7 Å². The quantitative estimate of drug-likeness (QED) is 0.540. The summed E-state index contributed by atoms with van der Waals surface area (Å²) in [5.74, 6) is 0. The van der Waals surface area contributed by atoms with E-state index in [1.807, 2.05) is 48.5 Å². The van der Waals surface area contributed by atoms with Crippen molar-refractivity contribution in [2.45, 2.75) is 20.3 Å². The van der Waals surface area contributed by atoms with E-state index < -0.39 is 0 Å². The Balaban J connectivity index is 2.29. The Bertz CT molecular complexity index is 1030. The molecule has 0 bridgehead atoms. The minimum atomic E-state index is 0.639. The smallest absolute Gasteiger partial charge is 0.0991 e. The van der Waals surface area contributed by atoms with E-state index in [1.54, 1.807) is 0 Å². The molecule has 3 rings (SSSR count).